The number of carbonyl (C=O) groups is 2. The molecule has 2 N–H and O–H groups in total. The van der Waals surface area contributed by atoms with E-state index in [0.717, 1.165) is 35.4 Å². The van der Waals surface area contributed by atoms with Crippen molar-refractivity contribution in [1.82, 2.24) is 19.9 Å². The topological polar surface area (TPSA) is 77.6 Å². The average molecular weight is 371 g/mol. The van der Waals surface area contributed by atoms with Crippen LogP contribution in [0.3, 0.4) is 0 Å². The van der Waals surface area contributed by atoms with Crippen molar-refractivity contribution in [3.05, 3.63) is 23.9 Å². The van der Waals surface area contributed by atoms with Gasteiger partial charge in [0.25, 0.3) is 5.91 Å². The molecule has 6 rings (SSSR count). The molecule has 0 aliphatic carbocycles. The van der Waals surface area contributed by atoms with Crippen molar-refractivity contribution in [2.45, 2.75) is 18.9 Å². The van der Waals surface area contributed by atoms with E-state index in [0.29, 0.717) is 24.7 Å². The molecule has 0 radical (unpaired) electrons. The first-order valence-electron chi connectivity index (χ1n) is 9.17. The largest absolute Gasteiger partial charge is 0.346 e. The van der Waals surface area contributed by atoms with Crippen LogP contribution in [0.2, 0.25) is 0 Å². The zero-order valence-corrected chi connectivity index (χ0v) is 15.2. The summed E-state index contributed by atoms with van der Waals surface area (Å²) in [6.45, 7) is 4.59. The van der Waals surface area contributed by atoms with Gasteiger partial charge in [0.05, 0.1) is 4.70 Å². The molecule has 7 nitrogen and oxygen atoms in total. The van der Waals surface area contributed by atoms with Gasteiger partial charge >= 0.3 is 6.03 Å². The molecule has 8 heteroatoms. The van der Waals surface area contributed by atoms with Gasteiger partial charge in [0.1, 0.15) is 5.69 Å². The summed E-state index contributed by atoms with van der Waals surface area (Å²) >= 11 is 1.31. The van der Waals surface area contributed by atoms with Gasteiger partial charge in [-0.3, -0.25) is 9.69 Å². The monoisotopic (exact) mass is 371 g/mol. The number of carbonyl (C=O) groups excluding carboxylic acids is 2. The van der Waals surface area contributed by atoms with Crippen LogP contribution < -0.4 is 15.5 Å². The highest BCUT2D eigenvalue weighted by atomic mass is 32.1. The second-order valence-corrected chi connectivity index (χ2v) is 8.12. The maximum absolute atomic E-state index is 12.8. The van der Waals surface area contributed by atoms with Gasteiger partial charge in [-0.2, -0.15) is 4.37 Å². The number of benzene rings is 1. The van der Waals surface area contributed by atoms with Gasteiger partial charge in [0.2, 0.25) is 0 Å². The normalized spacial score (nSPS) is 27.8. The van der Waals surface area contributed by atoms with Crippen molar-refractivity contribution in [1.29, 1.82) is 0 Å². The van der Waals surface area contributed by atoms with Crippen LogP contribution in [0.15, 0.2) is 18.2 Å². The van der Waals surface area contributed by atoms with E-state index in [9.17, 15) is 9.59 Å². The lowest BCUT2D eigenvalue weighted by Crippen LogP contribution is -2.57. The van der Waals surface area contributed by atoms with Crippen molar-refractivity contribution in [2.24, 2.45) is 5.92 Å². The van der Waals surface area contributed by atoms with Crippen molar-refractivity contribution < 1.29 is 9.59 Å². The smallest absolute Gasteiger partial charge is 0.321 e. The molecule has 136 valence electrons. The maximum Gasteiger partial charge on any atom is 0.321 e. The van der Waals surface area contributed by atoms with Crippen molar-refractivity contribution in [3.8, 4) is 0 Å². The van der Waals surface area contributed by atoms with E-state index in [1.165, 1.54) is 24.4 Å². The van der Waals surface area contributed by atoms with Crippen LogP contribution >= 0.6 is 11.5 Å². The van der Waals surface area contributed by atoms with Crippen molar-refractivity contribution in [3.63, 3.8) is 0 Å². The molecule has 0 unspecified atom stereocenters. The summed E-state index contributed by atoms with van der Waals surface area (Å²) in [6, 6.07) is 5.91. The first-order chi connectivity index (χ1) is 12.7. The number of anilines is 1. The molecule has 5 heterocycles. The van der Waals surface area contributed by atoms with Crippen LogP contribution in [-0.2, 0) is 0 Å². The van der Waals surface area contributed by atoms with E-state index >= 15 is 0 Å². The van der Waals surface area contributed by atoms with Crippen LogP contribution in [0.1, 0.15) is 23.3 Å². The van der Waals surface area contributed by atoms with E-state index in [-0.39, 0.29) is 18.0 Å². The molecular weight excluding hydrogens is 350 g/mol. The molecule has 1 aromatic heterocycles. The second-order valence-electron chi connectivity index (χ2n) is 7.31. The van der Waals surface area contributed by atoms with Crippen molar-refractivity contribution in [2.75, 3.05) is 37.6 Å². The van der Waals surface area contributed by atoms with E-state index < -0.39 is 0 Å². The van der Waals surface area contributed by atoms with Crippen LogP contribution in [-0.4, -0.2) is 60.0 Å². The number of urea groups is 1. The van der Waals surface area contributed by atoms with Gasteiger partial charge in [-0.15, -0.1) is 0 Å². The fraction of sp³-hybridized carbons (Fsp3) is 0.500. The van der Waals surface area contributed by atoms with Gasteiger partial charge in [0.15, 0.2) is 0 Å². The lowest BCUT2D eigenvalue weighted by atomic mass is 9.84. The number of nitrogens with one attached hydrogen (secondary N) is 2. The molecule has 3 amide bonds. The number of nitrogens with zero attached hydrogens (tertiary/aromatic N) is 3. The average Bonchev–Trinajstić information content (AvgIpc) is 3.28. The maximum atomic E-state index is 12.8. The molecule has 4 aliphatic rings. The number of aromatic nitrogens is 1. The number of fused-ring (bicyclic) bond motifs is 4. The highest BCUT2D eigenvalue weighted by molar-refractivity contribution is 7.13. The molecule has 1 aromatic carbocycles. The predicted octanol–water partition coefficient (Wildman–Crippen LogP) is 1.65. The van der Waals surface area contributed by atoms with Crippen LogP contribution in [0.4, 0.5) is 10.5 Å². The molecule has 4 aliphatic heterocycles. The minimum atomic E-state index is -0.0818. The molecule has 4 saturated heterocycles. The zero-order chi connectivity index (χ0) is 17.7. The molecule has 4 fully saturated rings. The van der Waals surface area contributed by atoms with E-state index in [4.69, 9.17) is 0 Å². The minimum absolute atomic E-state index is 0.0748. The van der Waals surface area contributed by atoms with Gasteiger partial charge in [-0.1, -0.05) is 0 Å². The summed E-state index contributed by atoms with van der Waals surface area (Å²) < 4.78 is 5.34. The van der Waals surface area contributed by atoms with E-state index in [1.807, 2.05) is 18.2 Å². The Bertz CT molecular complexity index is 874. The number of piperidine rings is 3. The lowest BCUT2D eigenvalue weighted by molar-refractivity contribution is 0.0619. The Morgan fingerprint density at radius 2 is 2.12 bits per heavy atom. The molecule has 1 atom stereocenters. The van der Waals surface area contributed by atoms with Gasteiger partial charge in [0, 0.05) is 36.7 Å². The third-order valence-corrected chi connectivity index (χ3v) is 6.62. The third kappa shape index (κ3) is 2.64. The van der Waals surface area contributed by atoms with Crippen LogP contribution in [0.5, 0.6) is 0 Å². The summed E-state index contributed by atoms with van der Waals surface area (Å²) in [5.74, 6) is 0.510. The Balaban J connectivity index is 1.37. The molecule has 0 spiro atoms. The van der Waals surface area contributed by atoms with Crippen molar-refractivity contribution >= 4 is 39.2 Å². The summed E-state index contributed by atoms with van der Waals surface area (Å²) in [5.41, 5.74) is 1.35. The minimum Gasteiger partial charge on any atom is -0.346 e. The molecular formula is C18H21N5O2S. The molecule has 2 aromatic rings. The number of amides is 3. The summed E-state index contributed by atoms with van der Waals surface area (Å²) in [6.07, 6.45) is 2.34. The van der Waals surface area contributed by atoms with E-state index in [2.05, 4.69) is 19.9 Å². The van der Waals surface area contributed by atoms with Gasteiger partial charge in [-0.05, 0) is 61.6 Å². The number of hydrogen-bond acceptors (Lipinski definition) is 5. The molecule has 0 saturated carbocycles. The van der Waals surface area contributed by atoms with E-state index in [1.54, 1.807) is 4.90 Å². The fourth-order valence-electron chi connectivity index (χ4n) is 4.34. The lowest BCUT2D eigenvalue weighted by Gasteiger charge is -2.44. The number of hydrogen-bond donors (Lipinski definition) is 2. The standard InChI is InChI=1S/C18H21N5O2S/c24-17(20-14-10-22-6-3-11(14)4-7-22)16-13-2-1-12(9-15(13)26-21-16)23-8-5-19-18(23)25/h1-2,9,11,14H,3-8,10H2,(H,19,25)(H,20,24)/t14-/m1/s1. The first-order valence-corrected chi connectivity index (χ1v) is 9.94. The second kappa shape index (κ2) is 6.21. The first kappa shape index (κ1) is 16.0. The predicted molar refractivity (Wildman–Crippen MR) is 101 cm³/mol. The van der Waals surface area contributed by atoms with Crippen LogP contribution in [0, 0.1) is 5.92 Å². The summed E-state index contributed by atoms with van der Waals surface area (Å²) in [7, 11) is 0. The Hall–Kier alpha value is -2.19. The highest BCUT2D eigenvalue weighted by Gasteiger charge is 2.35. The SMILES string of the molecule is O=C(N[C@@H]1CN2CCC1CC2)c1nsc2cc(N3CCNC3=O)ccc12. The van der Waals surface area contributed by atoms with Gasteiger partial charge < -0.3 is 15.5 Å². The number of rotatable bonds is 3. The Morgan fingerprint density at radius 1 is 1.27 bits per heavy atom. The van der Waals surface area contributed by atoms with Gasteiger partial charge in [-0.25, -0.2) is 4.79 Å². The Labute approximate surface area is 155 Å². The molecule has 2 bridgehead atoms. The molecule has 26 heavy (non-hydrogen) atoms. The third-order valence-electron chi connectivity index (χ3n) is 5.81. The quantitative estimate of drug-likeness (QED) is 0.860. The Kier molecular flexibility index (Phi) is 3.82. The summed E-state index contributed by atoms with van der Waals surface area (Å²) in [5, 5.41) is 6.87. The zero-order valence-electron chi connectivity index (χ0n) is 14.4. The summed E-state index contributed by atoms with van der Waals surface area (Å²) in [4.78, 5) is 28.8. The van der Waals surface area contributed by atoms with Crippen LogP contribution in [0.25, 0.3) is 10.1 Å². The Morgan fingerprint density at radius 3 is 2.81 bits per heavy atom. The fourth-order valence-corrected chi connectivity index (χ4v) is 5.15. The highest BCUT2D eigenvalue weighted by Crippen LogP contribution is 2.30.